The molecule has 4 unspecified atom stereocenters. The zero-order valence-corrected chi connectivity index (χ0v) is 14.2. The highest BCUT2D eigenvalue weighted by Crippen LogP contribution is 2.36. The van der Waals surface area contributed by atoms with Gasteiger partial charge in [0.15, 0.2) is 0 Å². The largest absolute Gasteiger partial charge is 0.314 e. The minimum absolute atomic E-state index is 0.793. The van der Waals surface area contributed by atoms with Crippen molar-refractivity contribution >= 4 is 0 Å². The third-order valence-electron chi connectivity index (χ3n) is 6.49. The van der Waals surface area contributed by atoms with E-state index in [1.165, 1.54) is 83.8 Å². The fraction of sp³-hybridized carbons (Fsp3) is 1.00. The molecule has 21 heavy (non-hydrogen) atoms. The molecule has 3 fully saturated rings. The molecule has 2 aliphatic carbocycles. The highest BCUT2D eigenvalue weighted by molar-refractivity contribution is 4.87. The summed E-state index contributed by atoms with van der Waals surface area (Å²) >= 11 is 0. The van der Waals surface area contributed by atoms with Gasteiger partial charge in [-0.3, -0.25) is 0 Å². The zero-order valence-electron chi connectivity index (χ0n) is 14.2. The number of fused-ring (bicyclic) bond motifs is 1. The van der Waals surface area contributed by atoms with E-state index in [4.69, 9.17) is 0 Å². The van der Waals surface area contributed by atoms with E-state index in [0.717, 1.165) is 30.3 Å². The van der Waals surface area contributed by atoms with E-state index in [1.807, 2.05) is 0 Å². The van der Waals surface area contributed by atoms with Gasteiger partial charge in [-0.05, 0) is 56.5 Å². The van der Waals surface area contributed by atoms with E-state index in [0.29, 0.717) is 0 Å². The summed E-state index contributed by atoms with van der Waals surface area (Å²) in [5.41, 5.74) is 0. The Morgan fingerprint density at radius 3 is 2.48 bits per heavy atom. The molecule has 3 aliphatic rings. The smallest absolute Gasteiger partial charge is 0.0107 e. The van der Waals surface area contributed by atoms with Crippen LogP contribution >= 0.6 is 0 Å². The maximum atomic E-state index is 3.79. The lowest BCUT2D eigenvalue weighted by molar-refractivity contribution is 0.0691. The average Bonchev–Trinajstić information content (AvgIpc) is 2.73. The van der Waals surface area contributed by atoms with Gasteiger partial charge in [0, 0.05) is 19.1 Å². The minimum atomic E-state index is 0.793. The predicted molar refractivity (Wildman–Crippen MR) is 90.5 cm³/mol. The van der Waals surface area contributed by atoms with Crippen molar-refractivity contribution in [2.75, 3.05) is 26.2 Å². The molecular formula is C19H36N2. The Kier molecular flexibility index (Phi) is 5.99. The lowest BCUT2D eigenvalue weighted by Crippen LogP contribution is -2.47. The van der Waals surface area contributed by atoms with Crippen LogP contribution in [0, 0.1) is 17.8 Å². The summed E-state index contributed by atoms with van der Waals surface area (Å²) in [6.07, 6.45) is 14.8. The Morgan fingerprint density at radius 2 is 1.62 bits per heavy atom. The first-order valence-corrected chi connectivity index (χ1v) is 9.82. The summed E-state index contributed by atoms with van der Waals surface area (Å²) in [7, 11) is 0. The molecule has 2 saturated carbocycles. The number of nitrogens with one attached hydrogen (secondary N) is 1. The van der Waals surface area contributed by atoms with E-state index in [-0.39, 0.29) is 0 Å². The van der Waals surface area contributed by atoms with Gasteiger partial charge in [-0.1, -0.05) is 45.4 Å². The van der Waals surface area contributed by atoms with Crippen molar-refractivity contribution in [3.8, 4) is 0 Å². The first kappa shape index (κ1) is 15.8. The molecule has 4 atom stereocenters. The number of hydrogen-bond acceptors (Lipinski definition) is 2. The summed E-state index contributed by atoms with van der Waals surface area (Å²) in [4.78, 5) is 2.84. The molecule has 0 aromatic carbocycles. The molecule has 2 nitrogen and oxygen atoms in total. The summed E-state index contributed by atoms with van der Waals surface area (Å²) < 4.78 is 0. The second-order valence-electron chi connectivity index (χ2n) is 7.92. The van der Waals surface area contributed by atoms with E-state index < -0.39 is 0 Å². The molecule has 1 aliphatic heterocycles. The molecular weight excluding hydrogens is 256 g/mol. The predicted octanol–water partition coefficient (Wildman–Crippen LogP) is 4.06. The molecule has 0 radical (unpaired) electrons. The van der Waals surface area contributed by atoms with E-state index in [2.05, 4.69) is 17.1 Å². The van der Waals surface area contributed by atoms with Gasteiger partial charge in [-0.15, -0.1) is 0 Å². The fourth-order valence-electron chi connectivity index (χ4n) is 5.31. The summed E-state index contributed by atoms with van der Waals surface area (Å²) in [5.74, 6) is 3.03. The molecule has 0 spiro atoms. The lowest BCUT2D eigenvalue weighted by Gasteiger charge is -2.43. The van der Waals surface area contributed by atoms with Crippen LogP contribution in [0.15, 0.2) is 0 Å². The normalized spacial score (nSPS) is 38.7. The monoisotopic (exact) mass is 292 g/mol. The van der Waals surface area contributed by atoms with Crippen molar-refractivity contribution < 1.29 is 0 Å². The van der Waals surface area contributed by atoms with Gasteiger partial charge < -0.3 is 10.2 Å². The van der Waals surface area contributed by atoms with Gasteiger partial charge in [-0.25, -0.2) is 0 Å². The molecule has 1 heterocycles. The lowest BCUT2D eigenvalue weighted by atomic mass is 9.75. The second-order valence-corrected chi connectivity index (χ2v) is 7.92. The molecule has 2 heteroatoms. The van der Waals surface area contributed by atoms with Crippen LogP contribution in [0.1, 0.15) is 71.1 Å². The van der Waals surface area contributed by atoms with Gasteiger partial charge in [-0.2, -0.15) is 0 Å². The zero-order chi connectivity index (χ0) is 14.5. The maximum absolute atomic E-state index is 3.79. The quantitative estimate of drug-likeness (QED) is 0.786. The second kappa shape index (κ2) is 7.97. The fourth-order valence-corrected chi connectivity index (χ4v) is 5.31. The van der Waals surface area contributed by atoms with Crippen LogP contribution in [0.3, 0.4) is 0 Å². The Hall–Kier alpha value is -0.0800. The van der Waals surface area contributed by atoms with Crippen molar-refractivity contribution in [2.24, 2.45) is 17.8 Å². The summed E-state index contributed by atoms with van der Waals surface area (Å²) in [5, 5.41) is 3.79. The number of likely N-dealkylation sites (tertiary alicyclic amines) is 1. The van der Waals surface area contributed by atoms with Gasteiger partial charge in [0.25, 0.3) is 0 Å². The Morgan fingerprint density at radius 1 is 0.857 bits per heavy atom. The number of piperidine rings is 1. The minimum Gasteiger partial charge on any atom is -0.314 e. The van der Waals surface area contributed by atoms with Crippen LogP contribution in [0.2, 0.25) is 0 Å². The van der Waals surface area contributed by atoms with Gasteiger partial charge >= 0.3 is 0 Å². The molecule has 0 bridgehead atoms. The van der Waals surface area contributed by atoms with Crippen LogP contribution in [0.5, 0.6) is 0 Å². The first-order valence-electron chi connectivity index (χ1n) is 9.82. The topological polar surface area (TPSA) is 15.3 Å². The van der Waals surface area contributed by atoms with E-state index >= 15 is 0 Å². The van der Waals surface area contributed by atoms with Crippen LogP contribution < -0.4 is 5.32 Å². The molecule has 0 amide bonds. The van der Waals surface area contributed by atoms with Crippen LogP contribution in [0.25, 0.3) is 0 Å². The van der Waals surface area contributed by atoms with Gasteiger partial charge in [0.05, 0.1) is 0 Å². The number of nitrogens with zero attached hydrogens (tertiary/aromatic N) is 1. The third kappa shape index (κ3) is 4.22. The highest BCUT2D eigenvalue weighted by Gasteiger charge is 2.33. The maximum Gasteiger partial charge on any atom is 0.0107 e. The molecule has 0 aromatic rings. The highest BCUT2D eigenvalue weighted by atomic mass is 15.1. The molecule has 1 saturated heterocycles. The number of rotatable bonds is 4. The summed E-state index contributed by atoms with van der Waals surface area (Å²) in [6, 6.07) is 0.793. The van der Waals surface area contributed by atoms with Crippen molar-refractivity contribution in [2.45, 2.75) is 77.2 Å². The van der Waals surface area contributed by atoms with Crippen LogP contribution in [-0.2, 0) is 0 Å². The van der Waals surface area contributed by atoms with Gasteiger partial charge in [0.2, 0.25) is 0 Å². The van der Waals surface area contributed by atoms with Crippen molar-refractivity contribution in [3.05, 3.63) is 0 Å². The van der Waals surface area contributed by atoms with Crippen molar-refractivity contribution in [1.29, 1.82) is 0 Å². The molecule has 1 N–H and O–H groups in total. The van der Waals surface area contributed by atoms with Crippen molar-refractivity contribution in [1.82, 2.24) is 10.2 Å². The molecule has 122 valence electrons. The average molecular weight is 293 g/mol. The Balaban J connectivity index is 1.53. The third-order valence-corrected chi connectivity index (χ3v) is 6.49. The Bertz CT molecular complexity index is 304. The van der Waals surface area contributed by atoms with Crippen molar-refractivity contribution in [3.63, 3.8) is 0 Å². The SMILES string of the molecule is CCNC1CCCCCC1CN1CCC2CCCCC2C1. The van der Waals surface area contributed by atoms with Crippen LogP contribution in [0.4, 0.5) is 0 Å². The first-order chi connectivity index (χ1) is 10.4. The van der Waals surface area contributed by atoms with E-state index in [1.54, 1.807) is 0 Å². The van der Waals surface area contributed by atoms with Crippen LogP contribution in [-0.4, -0.2) is 37.1 Å². The summed E-state index contributed by atoms with van der Waals surface area (Å²) in [6.45, 7) is 7.60. The molecule has 3 rings (SSSR count). The standard InChI is InChI=1S/C19H36N2/c1-2-20-19-11-5-3-4-10-18(19)15-21-13-12-16-8-6-7-9-17(16)14-21/h16-20H,2-15H2,1H3. The Labute approximate surface area is 132 Å². The molecule has 0 aromatic heterocycles. The number of hydrogen-bond donors (Lipinski definition) is 1. The van der Waals surface area contributed by atoms with Gasteiger partial charge in [0.1, 0.15) is 0 Å². The van der Waals surface area contributed by atoms with E-state index in [9.17, 15) is 0 Å².